The van der Waals surface area contributed by atoms with E-state index >= 15 is 0 Å². The van der Waals surface area contributed by atoms with Gasteiger partial charge in [-0.05, 0) is 36.7 Å². The maximum Gasteiger partial charge on any atom is 0.235 e. The molecule has 4 aromatic rings. The number of rotatable bonds is 2. The molecule has 0 amide bonds. The van der Waals surface area contributed by atoms with E-state index in [1.54, 1.807) is 12.1 Å². The molecule has 110 valence electrons. The van der Waals surface area contributed by atoms with Crippen molar-refractivity contribution in [2.45, 2.75) is 6.92 Å². The second-order valence-corrected chi connectivity index (χ2v) is 6.78. The lowest BCUT2D eigenvalue weighted by molar-refractivity contribution is 0.629. The van der Waals surface area contributed by atoms with E-state index < -0.39 is 5.82 Å². The van der Waals surface area contributed by atoms with E-state index in [2.05, 4.69) is 24.9 Å². The third kappa shape index (κ3) is 2.09. The Morgan fingerprint density at radius 3 is 2.82 bits per heavy atom. The molecule has 0 N–H and O–H groups in total. The van der Waals surface area contributed by atoms with E-state index in [1.165, 1.54) is 33.5 Å². The van der Waals surface area contributed by atoms with Gasteiger partial charge in [-0.2, -0.15) is 9.61 Å². The minimum absolute atomic E-state index is 0.293. The first kappa shape index (κ1) is 13.7. The zero-order valence-corrected chi connectivity index (χ0v) is 13.4. The van der Waals surface area contributed by atoms with Gasteiger partial charge in [0.15, 0.2) is 10.8 Å². The number of fused-ring (bicyclic) bond motifs is 1. The van der Waals surface area contributed by atoms with Crippen molar-refractivity contribution in [3.8, 4) is 22.1 Å². The molecular formula is C12H6ClFN6S2. The fraction of sp³-hybridized carbons (Fsp3) is 0.0833. The quantitative estimate of drug-likeness (QED) is 0.552. The van der Waals surface area contributed by atoms with Crippen molar-refractivity contribution in [3.63, 3.8) is 0 Å². The Kier molecular flexibility index (Phi) is 3.13. The Hall–Kier alpha value is -1.97. The molecule has 0 fully saturated rings. The molecule has 10 heteroatoms. The van der Waals surface area contributed by atoms with Gasteiger partial charge in [0.05, 0.1) is 10.4 Å². The Morgan fingerprint density at radius 1 is 1.23 bits per heavy atom. The van der Waals surface area contributed by atoms with Crippen LogP contribution in [0.4, 0.5) is 4.39 Å². The van der Waals surface area contributed by atoms with Gasteiger partial charge in [0.25, 0.3) is 0 Å². The highest BCUT2D eigenvalue weighted by molar-refractivity contribution is 7.20. The molecule has 0 aliphatic rings. The standard InChI is InChI=1S/C12H6ClFN6S2/c1-5-9(15-19-22-5)11-18-20-10(16-17-12(20)21-11)7-3-2-6(13)4-8(7)14/h2-4H,1H3. The molecule has 0 atom stereocenters. The normalized spacial score (nSPS) is 11.4. The summed E-state index contributed by atoms with van der Waals surface area (Å²) in [6.07, 6.45) is 0. The molecule has 6 nitrogen and oxygen atoms in total. The molecule has 0 unspecified atom stereocenters. The van der Waals surface area contributed by atoms with Crippen LogP contribution in [0.15, 0.2) is 18.2 Å². The summed E-state index contributed by atoms with van der Waals surface area (Å²) in [6.45, 7) is 1.92. The van der Waals surface area contributed by atoms with Crippen molar-refractivity contribution in [2.75, 3.05) is 0 Å². The molecule has 0 radical (unpaired) electrons. The summed E-state index contributed by atoms with van der Waals surface area (Å²) in [5.41, 5.74) is 1.00. The molecule has 4 rings (SSSR count). The van der Waals surface area contributed by atoms with Gasteiger partial charge in [-0.3, -0.25) is 0 Å². The highest BCUT2D eigenvalue weighted by Gasteiger charge is 2.19. The molecule has 3 aromatic heterocycles. The fourth-order valence-corrected chi connectivity index (χ4v) is 3.55. The predicted octanol–water partition coefficient (Wildman–Crippen LogP) is 3.47. The Bertz CT molecular complexity index is 991. The SMILES string of the molecule is Cc1snnc1-c1nn2c(-c3ccc(Cl)cc3F)nnc2s1. The van der Waals surface area contributed by atoms with Crippen molar-refractivity contribution in [2.24, 2.45) is 0 Å². The van der Waals surface area contributed by atoms with Crippen LogP contribution in [0.3, 0.4) is 0 Å². The van der Waals surface area contributed by atoms with Crippen LogP contribution in [0.25, 0.3) is 27.1 Å². The maximum atomic E-state index is 14.1. The summed E-state index contributed by atoms with van der Waals surface area (Å²) in [7, 11) is 0. The molecule has 3 heterocycles. The zero-order chi connectivity index (χ0) is 15.3. The summed E-state index contributed by atoms with van der Waals surface area (Å²) in [5, 5.41) is 17.5. The number of hydrogen-bond acceptors (Lipinski definition) is 7. The van der Waals surface area contributed by atoms with Gasteiger partial charge in [-0.15, -0.1) is 15.3 Å². The largest absolute Gasteiger partial charge is 0.235 e. The monoisotopic (exact) mass is 352 g/mol. The Balaban J connectivity index is 1.89. The average Bonchev–Trinajstić information content (AvgIpc) is 3.14. The number of halogens is 2. The van der Waals surface area contributed by atoms with Crippen LogP contribution in [0.5, 0.6) is 0 Å². The highest BCUT2D eigenvalue weighted by Crippen LogP contribution is 2.30. The van der Waals surface area contributed by atoms with Crippen molar-refractivity contribution < 1.29 is 4.39 Å². The molecule has 0 aliphatic carbocycles. The molecule has 0 saturated heterocycles. The van der Waals surface area contributed by atoms with Crippen LogP contribution >= 0.6 is 34.5 Å². The van der Waals surface area contributed by atoms with Crippen LogP contribution in [0, 0.1) is 12.7 Å². The summed E-state index contributed by atoms with van der Waals surface area (Å²) in [4.78, 5) is 1.52. The van der Waals surface area contributed by atoms with E-state index in [0.29, 0.717) is 32.1 Å². The molecular weight excluding hydrogens is 347 g/mol. The van der Waals surface area contributed by atoms with Gasteiger partial charge in [0, 0.05) is 5.02 Å². The molecule has 0 saturated carbocycles. The van der Waals surface area contributed by atoms with Crippen LogP contribution in [-0.2, 0) is 0 Å². The van der Waals surface area contributed by atoms with Gasteiger partial charge < -0.3 is 0 Å². The van der Waals surface area contributed by atoms with Crippen molar-refractivity contribution in [3.05, 3.63) is 33.9 Å². The fourth-order valence-electron chi connectivity index (χ4n) is 1.98. The summed E-state index contributed by atoms with van der Waals surface area (Å²) in [5.74, 6) is -0.143. The van der Waals surface area contributed by atoms with Crippen molar-refractivity contribution in [1.29, 1.82) is 0 Å². The topological polar surface area (TPSA) is 68.9 Å². The van der Waals surface area contributed by atoms with E-state index in [4.69, 9.17) is 11.6 Å². The molecule has 0 bridgehead atoms. The third-order valence-corrected chi connectivity index (χ3v) is 4.79. The number of aromatic nitrogens is 6. The highest BCUT2D eigenvalue weighted by atomic mass is 35.5. The van der Waals surface area contributed by atoms with E-state index in [0.717, 1.165) is 4.88 Å². The van der Waals surface area contributed by atoms with Crippen LogP contribution in [-0.4, -0.2) is 29.4 Å². The average molecular weight is 353 g/mol. The third-order valence-electron chi connectivity index (χ3n) is 3.02. The lowest BCUT2D eigenvalue weighted by Gasteiger charge is -1.99. The number of hydrogen-bond donors (Lipinski definition) is 0. The van der Waals surface area contributed by atoms with Crippen LogP contribution in [0.2, 0.25) is 5.02 Å². The van der Waals surface area contributed by atoms with Crippen molar-refractivity contribution in [1.82, 2.24) is 29.4 Å². The zero-order valence-electron chi connectivity index (χ0n) is 11.0. The number of aryl methyl sites for hydroxylation is 1. The van der Waals surface area contributed by atoms with Crippen LogP contribution in [0.1, 0.15) is 4.88 Å². The second kappa shape index (κ2) is 5.04. The van der Waals surface area contributed by atoms with Crippen LogP contribution < -0.4 is 0 Å². The van der Waals surface area contributed by atoms with E-state index in [9.17, 15) is 4.39 Å². The second-order valence-electron chi connectivity index (χ2n) is 4.43. The van der Waals surface area contributed by atoms with Gasteiger partial charge in [0.2, 0.25) is 4.96 Å². The van der Waals surface area contributed by atoms with Crippen molar-refractivity contribution >= 4 is 39.4 Å². The molecule has 0 spiro atoms. The lowest BCUT2D eigenvalue weighted by atomic mass is 10.2. The van der Waals surface area contributed by atoms with E-state index in [-0.39, 0.29) is 0 Å². The molecule has 22 heavy (non-hydrogen) atoms. The minimum atomic E-state index is -0.470. The van der Waals surface area contributed by atoms with Gasteiger partial charge >= 0.3 is 0 Å². The van der Waals surface area contributed by atoms with Gasteiger partial charge in [-0.25, -0.2) is 4.39 Å². The first-order valence-corrected chi connectivity index (χ1v) is 8.07. The Labute approximate surface area is 136 Å². The molecule has 0 aliphatic heterocycles. The summed E-state index contributed by atoms with van der Waals surface area (Å²) >= 11 is 8.40. The predicted molar refractivity (Wildman–Crippen MR) is 82.7 cm³/mol. The first-order chi connectivity index (χ1) is 10.6. The van der Waals surface area contributed by atoms with Gasteiger partial charge in [-0.1, -0.05) is 27.4 Å². The summed E-state index contributed by atoms with van der Waals surface area (Å²) < 4.78 is 19.5. The maximum absolute atomic E-state index is 14.1. The number of benzene rings is 1. The smallest absolute Gasteiger partial charge is 0.206 e. The number of nitrogens with zero attached hydrogens (tertiary/aromatic N) is 6. The van der Waals surface area contributed by atoms with E-state index in [1.807, 2.05) is 6.92 Å². The summed E-state index contributed by atoms with van der Waals surface area (Å²) in [6, 6.07) is 4.39. The Morgan fingerprint density at radius 2 is 2.09 bits per heavy atom. The van der Waals surface area contributed by atoms with Gasteiger partial charge in [0.1, 0.15) is 11.5 Å². The first-order valence-electron chi connectivity index (χ1n) is 6.10. The molecule has 1 aromatic carbocycles. The minimum Gasteiger partial charge on any atom is -0.206 e. The lowest BCUT2D eigenvalue weighted by Crippen LogP contribution is -1.94.